The minimum atomic E-state index is -0.384. The zero-order valence-corrected chi connectivity index (χ0v) is 15.9. The number of thioether (sulfide) groups is 2. The molecule has 1 saturated heterocycles. The predicted octanol–water partition coefficient (Wildman–Crippen LogP) is 5.14. The van der Waals surface area contributed by atoms with Gasteiger partial charge in [-0.1, -0.05) is 15.9 Å². The van der Waals surface area contributed by atoms with Crippen LogP contribution in [-0.4, -0.2) is 21.5 Å². The summed E-state index contributed by atoms with van der Waals surface area (Å²) >= 11 is 7.50. The van der Waals surface area contributed by atoms with Crippen LogP contribution in [0.1, 0.15) is 25.7 Å². The number of nitrogens with one attached hydrogen (secondary N) is 1. The molecule has 3 atom stereocenters. The third-order valence-corrected chi connectivity index (χ3v) is 9.95. The summed E-state index contributed by atoms with van der Waals surface area (Å²) in [6.07, 6.45) is 4.42. The molecule has 0 aromatic heterocycles. The highest BCUT2D eigenvalue weighted by atomic mass is 79.9. The van der Waals surface area contributed by atoms with Crippen molar-refractivity contribution in [2.24, 2.45) is 17.8 Å². The van der Waals surface area contributed by atoms with E-state index in [-0.39, 0.29) is 23.3 Å². The Morgan fingerprint density at radius 1 is 1.22 bits per heavy atom. The molecule has 23 heavy (non-hydrogen) atoms. The van der Waals surface area contributed by atoms with E-state index in [0.29, 0.717) is 20.4 Å². The topological polar surface area (TPSA) is 29.1 Å². The first-order valence-electron chi connectivity index (χ1n) is 8.12. The van der Waals surface area contributed by atoms with Gasteiger partial charge in [0.15, 0.2) is 0 Å². The van der Waals surface area contributed by atoms with Crippen LogP contribution in [0.5, 0.6) is 0 Å². The number of carbonyl (C=O) groups excluding carboxylic acids is 1. The fourth-order valence-corrected chi connectivity index (χ4v) is 8.71. The van der Waals surface area contributed by atoms with Crippen molar-refractivity contribution in [2.75, 3.05) is 16.8 Å². The van der Waals surface area contributed by atoms with E-state index in [1.165, 1.54) is 30.4 Å². The van der Waals surface area contributed by atoms with Crippen LogP contribution in [0.15, 0.2) is 22.7 Å². The summed E-state index contributed by atoms with van der Waals surface area (Å²) < 4.78 is 15.0. The van der Waals surface area contributed by atoms with Gasteiger partial charge < -0.3 is 5.32 Å². The molecule has 2 bridgehead atoms. The Labute approximate surface area is 152 Å². The second kappa shape index (κ2) is 6.26. The smallest absolute Gasteiger partial charge is 0.227 e. The molecule has 0 radical (unpaired) electrons. The third kappa shape index (κ3) is 2.85. The van der Waals surface area contributed by atoms with Gasteiger partial charge in [-0.25, -0.2) is 4.39 Å². The van der Waals surface area contributed by atoms with Crippen LogP contribution in [0.4, 0.5) is 10.1 Å². The van der Waals surface area contributed by atoms with E-state index >= 15 is 0 Å². The lowest BCUT2D eigenvalue weighted by Gasteiger charge is -2.42. The van der Waals surface area contributed by atoms with Gasteiger partial charge in [0.05, 0.1) is 9.77 Å². The van der Waals surface area contributed by atoms with Crippen LogP contribution in [0.2, 0.25) is 0 Å². The molecule has 1 aromatic rings. The number of carbonyl (C=O) groups is 1. The molecule has 1 heterocycles. The lowest BCUT2D eigenvalue weighted by molar-refractivity contribution is -0.121. The van der Waals surface area contributed by atoms with Crippen molar-refractivity contribution in [1.82, 2.24) is 0 Å². The number of rotatable bonds is 2. The molecule has 6 heteroatoms. The van der Waals surface area contributed by atoms with E-state index in [1.807, 2.05) is 0 Å². The molecular formula is C17H19BrFNOS2. The van der Waals surface area contributed by atoms with Crippen LogP contribution in [0.25, 0.3) is 0 Å². The van der Waals surface area contributed by atoms with Gasteiger partial charge >= 0.3 is 0 Å². The highest BCUT2D eigenvalue weighted by molar-refractivity contribution is 9.10. The molecule has 3 aliphatic rings. The summed E-state index contributed by atoms with van der Waals surface area (Å²) in [4.78, 5) is 12.6. The SMILES string of the molecule is O=C(Nc1ccc(Br)cc1F)C1C[C@H]2CC[C@@H](C1)C21SCCS1. The average molecular weight is 416 g/mol. The highest BCUT2D eigenvalue weighted by Gasteiger charge is 2.57. The lowest BCUT2D eigenvalue weighted by atomic mass is 9.79. The predicted molar refractivity (Wildman–Crippen MR) is 99.3 cm³/mol. The Hall–Kier alpha value is -0.200. The van der Waals surface area contributed by atoms with Crippen molar-refractivity contribution in [3.8, 4) is 0 Å². The highest BCUT2D eigenvalue weighted by Crippen LogP contribution is 2.65. The quantitative estimate of drug-likeness (QED) is 0.724. The van der Waals surface area contributed by atoms with Crippen LogP contribution in [0, 0.1) is 23.6 Å². The van der Waals surface area contributed by atoms with Crippen LogP contribution < -0.4 is 5.32 Å². The van der Waals surface area contributed by atoms with Gasteiger partial charge in [0, 0.05) is 21.9 Å². The van der Waals surface area contributed by atoms with E-state index in [1.54, 1.807) is 12.1 Å². The molecule has 3 fully saturated rings. The van der Waals surface area contributed by atoms with Gasteiger partial charge in [-0.05, 0) is 55.7 Å². The Morgan fingerprint density at radius 2 is 1.87 bits per heavy atom. The first-order chi connectivity index (χ1) is 11.1. The Morgan fingerprint density at radius 3 is 2.48 bits per heavy atom. The molecule has 1 aromatic carbocycles. The van der Waals surface area contributed by atoms with Crippen molar-refractivity contribution in [3.63, 3.8) is 0 Å². The van der Waals surface area contributed by atoms with Gasteiger partial charge in [-0.15, -0.1) is 23.5 Å². The van der Waals surface area contributed by atoms with Crippen LogP contribution >= 0.6 is 39.5 Å². The Kier molecular flexibility index (Phi) is 4.43. The fraction of sp³-hybridized carbons (Fsp3) is 0.588. The zero-order chi connectivity index (χ0) is 16.0. The second-order valence-corrected chi connectivity index (χ2v) is 10.6. The summed E-state index contributed by atoms with van der Waals surface area (Å²) in [5.41, 5.74) is 0.287. The normalized spacial score (nSPS) is 31.5. The largest absolute Gasteiger partial charge is 0.323 e. The van der Waals surface area contributed by atoms with Crippen LogP contribution in [-0.2, 0) is 4.79 Å². The molecular weight excluding hydrogens is 397 g/mol. The molecule has 1 unspecified atom stereocenters. The number of hydrogen-bond acceptors (Lipinski definition) is 3. The monoisotopic (exact) mass is 415 g/mol. The Balaban J connectivity index is 1.46. The van der Waals surface area contributed by atoms with E-state index < -0.39 is 0 Å². The number of halogens is 2. The summed E-state index contributed by atoms with van der Waals surface area (Å²) in [6, 6.07) is 4.77. The van der Waals surface area contributed by atoms with Gasteiger partial charge in [0.25, 0.3) is 0 Å². The standard InChI is InChI=1S/C17H19BrFNOS2/c18-13-3-4-15(14(19)9-13)20-16(21)10-7-11-1-2-12(8-10)17(11)22-5-6-23-17/h3-4,9-12H,1-2,5-8H2,(H,20,21)/t10?,11-,12+. The molecule has 2 aliphatic carbocycles. The van der Waals surface area contributed by atoms with Crippen molar-refractivity contribution in [1.29, 1.82) is 0 Å². The number of anilines is 1. The molecule has 1 spiro atoms. The van der Waals surface area contributed by atoms with Gasteiger partial charge in [0.2, 0.25) is 5.91 Å². The average Bonchev–Trinajstić information content (AvgIpc) is 3.05. The van der Waals surface area contributed by atoms with Gasteiger partial charge in [-0.3, -0.25) is 4.79 Å². The first kappa shape index (κ1) is 16.3. The maximum atomic E-state index is 13.9. The lowest BCUT2D eigenvalue weighted by Crippen LogP contribution is -2.41. The maximum Gasteiger partial charge on any atom is 0.227 e. The molecule has 1 N–H and O–H groups in total. The van der Waals surface area contributed by atoms with Crippen molar-refractivity contribution >= 4 is 51.0 Å². The van der Waals surface area contributed by atoms with E-state index in [0.717, 1.165) is 12.8 Å². The van der Waals surface area contributed by atoms with E-state index in [2.05, 4.69) is 44.8 Å². The number of benzene rings is 1. The van der Waals surface area contributed by atoms with Gasteiger partial charge in [0.1, 0.15) is 5.82 Å². The van der Waals surface area contributed by atoms with Crippen molar-refractivity contribution < 1.29 is 9.18 Å². The fourth-order valence-electron chi connectivity index (χ4n) is 4.44. The molecule has 1 amide bonds. The molecule has 1 aliphatic heterocycles. The summed E-state index contributed by atoms with van der Waals surface area (Å²) in [5, 5.41) is 2.81. The molecule has 2 nitrogen and oxygen atoms in total. The van der Waals surface area contributed by atoms with E-state index in [9.17, 15) is 9.18 Å². The van der Waals surface area contributed by atoms with Crippen LogP contribution in [0.3, 0.4) is 0 Å². The zero-order valence-electron chi connectivity index (χ0n) is 12.7. The second-order valence-electron chi connectivity index (χ2n) is 6.67. The number of hydrogen-bond donors (Lipinski definition) is 1. The van der Waals surface area contributed by atoms with E-state index in [4.69, 9.17) is 0 Å². The molecule has 2 saturated carbocycles. The van der Waals surface area contributed by atoms with Gasteiger partial charge in [-0.2, -0.15) is 0 Å². The summed E-state index contributed by atoms with van der Waals surface area (Å²) in [7, 11) is 0. The summed E-state index contributed by atoms with van der Waals surface area (Å²) in [5.74, 6) is 3.42. The minimum absolute atomic E-state index is 0.00836. The maximum absolute atomic E-state index is 13.9. The van der Waals surface area contributed by atoms with Crippen molar-refractivity contribution in [3.05, 3.63) is 28.5 Å². The third-order valence-electron chi connectivity index (χ3n) is 5.44. The molecule has 4 rings (SSSR count). The molecule has 124 valence electrons. The minimum Gasteiger partial charge on any atom is -0.323 e. The first-order valence-corrected chi connectivity index (χ1v) is 10.9. The summed E-state index contributed by atoms with van der Waals surface area (Å²) in [6.45, 7) is 0. The Bertz CT molecular complexity index is 619. The number of amides is 1. The van der Waals surface area contributed by atoms with Crippen molar-refractivity contribution in [2.45, 2.75) is 29.8 Å².